The van der Waals surface area contributed by atoms with Gasteiger partial charge in [0, 0.05) is 19.1 Å². The summed E-state index contributed by atoms with van der Waals surface area (Å²) < 4.78 is 0. The van der Waals surface area contributed by atoms with Gasteiger partial charge in [-0.1, -0.05) is 0 Å². The normalized spacial score (nSPS) is 24.9. The number of hydrogen-bond donors (Lipinski definition) is 2. The number of hydrogen-bond acceptors (Lipinski definition) is 4. The third-order valence-corrected chi connectivity index (χ3v) is 3.66. The average molecular weight is 242 g/mol. The first kappa shape index (κ1) is 14.4. The van der Waals surface area contributed by atoms with E-state index >= 15 is 0 Å². The van der Waals surface area contributed by atoms with Gasteiger partial charge in [0.05, 0.1) is 5.54 Å². The lowest BCUT2D eigenvalue weighted by Crippen LogP contribution is -2.53. The summed E-state index contributed by atoms with van der Waals surface area (Å²) in [6, 6.07) is 0.295. The van der Waals surface area contributed by atoms with Crippen molar-refractivity contribution in [2.45, 2.75) is 38.3 Å². The Labute approximate surface area is 104 Å². The molecule has 100 valence electrons. The third-order valence-electron chi connectivity index (χ3n) is 3.66. The first-order valence-corrected chi connectivity index (χ1v) is 6.34. The van der Waals surface area contributed by atoms with Crippen molar-refractivity contribution in [3.05, 3.63) is 0 Å². The Morgan fingerprint density at radius 2 is 2.00 bits per heavy atom. The van der Waals surface area contributed by atoms with E-state index in [1.807, 2.05) is 0 Å². The Balaban J connectivity index is 2.52. The van der Waals surface area contributed by atoms with Gasteiger partial charge in [-0.2, -0.15) is 0 Å². The highest BCUT2D eigenvalue weighted by Gasteiger charge is 2.30. The fourth-order valence-electron chi connectivity index (χ4n) is 2.35. The van der Waals surface area contributed by atoms with Crippen molar-refractivity contribution in [2.75, 3.05) is 33.2 Å². The van der Waals surface area contributed by atoms with Crippen molar-refractivity contribution >= 4 is 5.91 Å². The molecule has 1 fully saturated rings. The maximum atomic E-state index is 11.2. The molecule has 5 heteroatoms. The lowest BCUT2D eigenvalue weighted by atomic mass is 9.93. The topological polar surface area (TPSA) is 75.6 Å². The number of nitrogens with two attached hydrogens (primary N) is 2. The van der Waals surface area contributed by atoms with Crippen LogP contribution in [0.5, 0.6) is 0 Å². The molecule has 0 bridgehead atoms. The predicted octanol–water partition coefficient (Wildman–Crippen LogP) is -0.395. The molecule has 1 rings (SSSR count). The number of carbonyl (C=O) groups is 1. The molecular weight excluding hydrogens is 216 g/mol. The number of nitrogens with zero attached hydrogens (tertiary/aromatic N) is 2. The molecule has 4 N–H and O–H groups in total. The molecule has 0 aromatic carbocycles. The van der Waals surface area contributed by atoms with E-state index in [2.05, 4.69) is 23.8 Å². The van der Waals surface area contributed by atoms with Crippen molar-refractivity contribution < 1.29 is 4.79 Å². The summed E-state index contributed by atoms with van der Waals surface area (Å²) in [5.74, 6) is -0.420. The Kier molecular flexibility index (Phi) is 4.91. The monoisotopic (exact) mass is 242 g/mol. The molecule has 1 saturated heterocycles. The molecule has 1 heterocycles. The zero-order chi connectivity index (χ0) is 13.1. The van der Waals surface area contributed by atoms with Crippen molar-refractivity contribution in [2.24, 2.45) is 11.5 Å². The van der Waals surface area contributed by atoms with Gasteiger partial charge in [-0.25, -0.2) is 0 Å². The third kappa shape index (κ3) is 4.26. The molecule has 5 nitrogen and oxygen atoms in total. The SMILES string of the molecule is CC(CC(C)(N)C(N)=O)N1CCCN(C)CC1. The van der Waals surface area contributed by atoms with E-state index in [1.54, 1.807) is 6.92 Å². The molecule has 1 aliphatic heterocycles. The molecule has 2 atom stereocenters. The van der Waals surface area contributed by atoms with Crippen LogP contribution in [0.3, 0.4) is 0 Å². The highest BCUT2D eigenvalue weighted by molar-refractivity contribution is 5.83. The molecule has 0 aromatic heterocycles. The van der Waals surface area contributed by atoms with Crippen LogP contribution >= 0.6 is 0 Å². The van der Waals surface area contributed by atoms with E-state index in [0.717, 1.165) is 26.2 Å². The van der Waals surface area contributed by atoms with Gasteiger partial charge >= 0.3 is 0 Å². The second-order valence-electron chi connectivity index (χ2n) is 5.53. The largest absolute Gasteiger partial charge is 0.368 e. The fourth-order valence-corrected chi connectivity index (χ4v) is 2.35. The summed E-state index contributed by atoms with van der Waals surface area (Å²) >= 11 is 0. The average Bonchev–Trinajstić information content (AvgIpc) is 2.42. The van der Waals surface area contributed by atoms with Gasteiger partial charge in [-0.3, -0.25) is 9.69 Å². The van der Waals surface area contributed by atoms with E-state index in [4.69, 9.17) is 11.5 Å². The summed E-state index contributed by atoms with van der Waals surface area (Å²) in [4.78, 5) is 16.0. The molecular formula is C12H26N4O. The zero-order valence-corrected chi connectivity index (χ0v) is 11.3. The van der Waals surface area contributed by atoms with E-state index in [-0.39, 0.29) is 0 Å². The number of likely N-dealkylation sites (N-methyl/N-ethyl adjacent to an activating group) is 1. The lowest BCUT2D eigenvalue weighted by Gasteiger charge is -2.32. The summed E-state index contributed by atoms with van der Waals surface area (Å²) in [5.41, 5.74) is 10.3. The molecule has 0 aromatic rings. The number of primary amides is 1. The van der Waals surface area contributed by atoms with Crippen molar-refractivity contribution in [3.63, 3.8) is 0 Å². The van der Waals surface area contributed by atoms with Gasteiger partial charge in [0.15, 0.2) is 0 Å². The molecule has 0 saturated carbocycles. The van der Waals surface area contributed by atoms with Crippen LogP contribution in [0.1, 0.15) is 26.7 Å². The van der Waals surface area contributed by atoms with Crippen molar-refractivity contribution in [1.82, 2.24) is 9.80 Å². The van der Waals surface area contributed by atoms with E-state index < -0.39 is 11.4 Å². The molecule has 17 heavy (non-hydrogen) atoms. The molecule has 1 aliphatic rings. The minimum Gasteiger partial charge on any atom is -0.368 e. The van der Waals surface area contributed by atoms with Gasteiger partial charge in [0.1, 0.15) is 0 Å². The number of carbonyl (C=O) groups excluding carboxylic acids is 1. The lowest BCUT2D eigenvalue weighted by molar-refractivity contribution is -0.123. The van der Waals surface area contributed by atoms with Crippen LogP contribution in [0, 0.1) is 0 Å². The van der Waals surface area contributed by atoms with Crippen LogP contribution in [0.15, 0.2) is 0 Å². The first-order valence-electron chi connectivity index (χ1n) is 6.34. The maximum absolute atomic E-state index is 11.2. The van der Waals surface area contributed by atoms with E-state index in [9.17, 15) is 4.79 Å². The highest BCUT2D eigenvalue weighted by atomic mass is 16.1. The van der Waals surface area contributed by atoms with Crippen LogP contribution in [-0.2, 0) is 4.79 Å². The van der Waals surface area contributed by atoms with E-state index in [0.29, 0.717) is 12.5 Å². The Morgan fingerprint density at radius 1 is 1.35 bits per heavy atom. The smallest absolute Gasteiger partial charge is 0.237 e. The Morgan fingerprint density at radius 3 is 2.59 bits per heavy atom. The fraction of sp³-hybridized carbons (Fsp3) is 0.917. The van der Waals surface area contributed by atoms with Crippen LogP contribution < -0.4 is 11.5 Å². The summed E-state index contributed by atoms with van der Waals surface area (Å²) in [5, 5.41) is 0. The van der Waals surface area contributed by atoms with Gasteiger partial charge in [-0.05, 0) is 46.8 Å². The number of amides is 1. The molecule has 0 radical (unpaired) electrons. The Hall–Kier alpha value is -0.650. The summed E-state index contributed by atoms with van der Waals surface area (Å²) in [6.45, 7) is 8.16. The quantitative estimate of drug-likeness (QED) is 0.704. The minimum atomic E-state index is -0.905. The second kappa shape index (κ2) is 5.80. The van der Waals surface area contributed by atoms with Gasteiger partial charge in [-0.15, -0.1) is 0 Å². The molecule has 0 aliphatic carbocycles. The number of rotatable bonds is 4. The van der Waals surface area contributed by atoms with Crippen LogP contribution in [0.2, 0.25) is 0 Å². The molecule has 0 spiro atoms. The van der Waals surface area contributed by atoms with Crippen LogP contribution in [-0.4, -0.2) is 60.5 Å². The highest BCUT2D eigenvalue weighted by Crippen LogP contribution is 2.15. The maximum Gasteiger partial charge on any atom is 0.237 e. The second-order valence-corrected chi connectivity index (χ2v) is 5.53. The van der Waals surface area contributed by atoms with Crippen molar-refractivity contribution in [3.8, 4) is 0 Å². The van der Waals surface area contributed by atoms with Crippen LogP contribution in [0.4, 0.5) is 0 Å². The van der Waals surface area contributed by atoms with Gasteiger partial charge in [0.25, 0.3) is 0 Å². The molecule has 1 amide bonds. The predicted molar refractivity (Wildman–Crippen MR) is 69.6 cm³/mol. The van der Waals surface area contributed by atoms with Crippen LogP contribution in [0.25, 0.3) is 0 Å². The minimum absolute atomic E-state index is 0.295. The Bertz CT molecular complexity index is 267. The van der Waals surface area contributed by atoms with E-state index in [1.165, 1.54) is 6.42 Å². The molecule has 2 unspecified atom stereocenters. The standard InChI is InChI=1S/C12H26N4O/c1-10(9-12(2,14)11(13)17)16-6-4-5-15(3)7-8-16/h10H,4-9,14H2,1-3H3,(H2,13,17). The summed E-state index contributed by atoms with van der Waals surface area (Å²) in [6.07, 6.45) is 1.78. The van der Waals surface area contributed by atoms with Gasteiger partial charge < -0.3 is 16.4 Å². The first-order chi connectivity index (χ1) is 7.83. The van der Waals surface area contributed by atoms with Gasteiger partial charge in [0.2, 0.25) is 5.91 Å². The zero-order valence-electron chi connectivity index (χ0n) is 11.3. The van der Waals surface area contributed by atoms with Crippen molar-refractivity contribution in [1.29, 1.82) is 0 Å². The summed E-state index contributed by atoms with van der Waals surface area (Å²) in [7, 11) is 2.14.